The van der Waals surface area contributed by atoms with Gasteiger partial charge in [0, 0.05) is 12.5 Å². The summed E-state index contributed by atoms with van der Waals surface area (Å²) >= 11 is 0. The highest BCUT2D eigenvalue weighted by Crippen LogP contribution is 2.19. The Bertz CT molecular complexity index is 741. The van der Waals surface area contributed by atoms with Crippen molar-refractivity contribution < 1.29 is 13.2 Å². The lowest BCUT2D eigenvalue weighted by Gasteiger charge is -2.11. The van der Waals surface area contributed by atoms with Crippen LogP contribution in [0.25, 0.3) is 0 Å². The molecule has 6 heteroatoms. The number of nitrogens with one attached hydrogen (secondary N) is 1. The second-order valence-corrected chi connectivity index (χ2v) is 7.61. The first-order valence-corrected chi connectivity index (χ1v) is 9.39. The van der Waals surface area contributed by atoms with Crippen molar-refractivity contribution in [3.8, 4) is 5.75 Å². The molecule has 0 aliphatic heterocycles. The van der Waals surface area contributed by atoms with E-state index in [2.05, 4.69) is 24.1 Å². The van der Waals surface area contributed by atoms with Gasteiger partial charge in [-0.25, -0.2) is 13.4 Å². The SMILES string of the molecule is CC(C)c1ccc(OCCNc2ncccc2S(C)(=O)=O)cc1. The van der Waals surface area contributed by atoms with Crippen molar-refractivity contribution in [3.05, 3.63) is 48.2 Å². The van der Waals surface area contributed by atoms with Gasteiger partial charge in [-0.15, -0.1) is 0 Å². The minimum atomic E-state index is -3.30. The fourth-order valence-corrected chi connectivity index (χ4v) is 2.91. The lowest BCUT2D eigenvalue weighted by atomic mass is 10.0. The van der Waals surface area contributed by atoms with E-state index in [1.807, 2.05) is 24.3 Å². The van der Waals surface area contributed by atoms with E-state index in [0.717, 1.165) is 5.75 Å². The number of benzene rings is 1. The van der Waals surface area contributed by atoms with Crippen LogP contribution in [0.5, 0.6) is 5.75 Å². The molecule has 1 aromatic heterocycles. The maximum Gasteiger partial charge on any atom is 0.179 e. The molecular weight excluding hydrogens is 312 g/mol. The largest absolute Gasteiger partial charge is 0.492 e. The van der Waals surface area contributed by atoms with Crippen LogP contribution in [0.15, 0.2) is 47.5 Å². The Morgan fingerprint density at radius 1 is 1.17 bits per heavy atom. The van der Waals surface area contributed by atoms with E-state index >= 15 is 0 Å². The topological polar surface area (TPSA) is 68.3 Å². The summed E-state index contributed by atoms with van der Waals surface area (Å²) in [6.45, 7) is 5.17. The van der Waals surface area contributed by atoms with E-state index in [1.165, 1.54) is 17.9 Å². The molecule has 0 unspecified atom stereocenters. The molecule has 0 saturated heterocycles. The minimum Gasteiger partial charge on any atom is -0.492 e. The Hall–Kier alpha value is -2.08. The molecule has 0 aliphatic rings. The molecule has 0 amide bonds. The molecule has 0 radical (unpaired) electrons. The van der Waals surface area contributed by atoms with Gasteiger partial charge in [0.05, 0.1) is 6.54 Å². The fraction of sp³-hybridized carbons (Fsp3) is 0.353. The van der Waals surface area contributed by atoms with Gasteiger partial charge < -0.3 is 10.1 Å². The highest BCUT2D eigenvalue weighted by atomic mass is 32.2. The van der Waals surface area contributed by atoms with E-state index in [4.69, 9.17) is 4.74 Å². The minimum absolute atomic E-state index is 0.196. The standard InChI is InChI=1S/C17H22N2O3S/c1-13(2)14-6-8-15(9-7-14)22-12-11-19-17-16(23(3,20)21)5-4-10-18-17/h4-10,13H,11-12H2,1-3H3,(H,18,19). The molecule has 2 aromatic rings. The van der Waals surface area contributed by atoms with Crippen LogP contribution in [0.3, 0.4) is 0 Å². The van der Waals surface area contributed by atoms with Crippen LogP contribution >= 0.6 is 0 Å². The number of aromatic nitrogens is 1. The van der Waals surface area contributed by atoms with Crippen molar-refractivity contribution in [1.29, 1.82) is 0 Å². The summed E-state index contributed by atoms with van der Waals surface area (Å²) in [5.41, 5.74) is 1.27. The van der Waals surface area contributed by atoms with Crippen molar-refractivity contribution in [2.75, 3.05) is 24.7 Å². The smallest absolute Gasteiger partial charge is 0.179 e. The summed E-state index contributed by atoms with van der Waals surface area (Å²) < 4.78 is 29.0. The summed E-state index contributed by atoms with van der Waals surface area (Å²) in [7, 11) is -3.30. The van der Waals surface area contributed by atoms with Gasteiger partial charge in [-0.1, -0.05) is 26.0 Å². The summed E-state index contributed by atoms with van der Waals surface area (Å²) in [5.74, 6) is 1.64. The molecule has 1 heterocycles. The van der Waals surface area contributed by atoms with E-state index < -0.39 is 9.84 Å². The third kappa shape index (κ3) is 4.96. The third-order valence-electron chi connectivity index (χ3n) is 3.38. The number of sulfone groups is 1. The average molecular weight is 334 g/mol. The van der Waals surface area contributed by atoms with Crippen LogP contribution in [0.2, 0.25) is 0 Å². The second kappa shape index (κ2) is 7.46. The summed E-state index contributed by atoms with van der Waals surface area (Å²) in [5, 5.41) is 3.00. The molecule has 0 saturated carbocycles. The molecule has 1 N–H and O–H groups in total. The predicted octanol–water partition coefficient (Wildman–Crippen LogP) is 3.10. The maximum atomic E-state index is 11.7. The lowest BCUT2D eigenvalue weighted by Crippen LogP contribution is -2.14. The lowest BCUT2D eigenvalue weighted by molar-refractivity contribution is 0.332. The summed E-state index contributed by atoms with van der Waals surface area (Å²) in [6.07, 6.45) is 2.73. The van der Waals surface area contributed by atoms with Gasteiger partial charge in [0.2, 0.25) is 0 Å². The van der Waals surface area contributed by atoms with Gasteiger partial charge in [-0.05, 0) is 35.7 Å². The van der Waals surface area contributed by atoms with Gasteiger partial charge >= 0.3 is 0 Å². The summed E-state index contributed by atoms with van der Waals surface area (Å²) in [4.78, 5) is 4.27. The highest BCUT2D eigenvalue weighted by Gasteiger charge is 2.13. The monoisotopic (exact) mass is 334 g/mol. The number of hydrogen-bond donors (Lipinski definition) is 1. The Morgan fingerprint density at radius 2 is 1.87 bits per heavy atom. The molecule has 1 aromatic carbocycles. The van der Waals surface area contributed by atoms with Gasteiger partial charge in [-0.2, -0.15) is 0 Å². The van der Waals surface area contributed by atoms with E-state index in [-0.39, 0.29) is 4.90 Å². The molecule has 0 atom stereocenters. The van der Waals surface area contributed by atoms with Crippen LogP contribution < -0.4 is 10.1 Å². The van der Waals surface area contributed by atoms with E-state index in [1.54, 1.807) is 12.3 Å². The molecular formula is C17H22N2O3S. The number of ether oxygens (including phenoxy) is 1. The van der Waals surface area contributed by atoms with Crippen molar-refractivity contribution in [1.82, 2.24) is 4.98 Å². The molecule has 124 valence electrons. The number of rotatable bonds is 7. The van der Waals surface area contributed by atoms with Crippen LogP contribution in [0.1, 0.15) is 25.3 Å². The molecule has 23 heavy (non-hydrogen) atoms. The van der Waals surface area contributed by atoms with Crippen molar-refractivity contribution in [2.24, 2.45) is 0 Å². The Labute approximate surface area is 137 Å². The van der Waals surface area contributed by atoms with Crippen molar-refractivity contribution in [2.45, 2.75) is 24.7 Å². The van der Waals surface area contributed by atoms with E-state index in [9.17, 15) is 8.42 Å². The first kappa shape index (κ1) is 17.3. The van der Waals surface area contributed by atoms with Gasteiger partial charge in [-0.3, -0.25) is 0 Å². The quantitative estimate of drug-likeness (QED) is 0.788. The van der Waals surface area contributed by atoms with Gasteiger partial charge in [0.15, 0.2) is 9.84 Å². The maximum absolute atomic E-state index is 11.7. The van der Waals surface area contributed by atoms with Gasteiger partial charge in [0.25, 0.3) is 0 Å². The number of nitrogens with zero attached hydrogens (tertiary/aromatic N) is 1. The molecule has 0 aliphatic carbocycles. The Kier molecular flexibility index (Phi) is 5.60. The first-order valence-electron chi connectivity index (χ1n) is 7.49. The van der Waals surface area contributed by atoms with Crippen molar-refractivity contribution in [3.63, 3.8) is 0 Å². The van der Waals surface area contributed by atoms with Crippen LogP contribution in [0, 0.1) is 0 Å². The first-order chi connectivity index (χ1) is 10.9. The van der Waals surface area contributed by atoms with Crippen LogP contribution in [-0.4, -0.2) is 32.8 Å². The molecule has 5 nitrogen and oxygen atoms in total. The molecule has 0 fully saturated rings. The molecule has 0 spiro atoms. The Morgan fingerprint density at radius 3 is 2.48 bits per heavy atom. The highest BCUT2D eigenvalue weighted by molar-refractivity contribution is 7.90. The molecule has 0 bridgehead atoms. The number of pyridine rings is 1. The average Bonchev–Trinajstić information content (AvgIpc) is 2.51. The zero-order valence-corrected chi connectivity index (χ0v) is 14.4. The third-order valence-corrected chi connectivity index (χ3v) is 4.51. The second-order valence-electron chi connectivity index (χ2n) is 5.62. The van der Waals surface area contributed by atoms with E-state index in [0.29, 0.717) is 24.9 Å². The molecule has 2 rings (SSSR count). The van der Waals surface area contributed by atoms with Crippen LogP contribution in [-0.2, 0) is 9.84 Å². The number of hydrogen-bond acceptors (Lipinski definition) is 5. The van der Waals surface area contributed by atoms with Gasteiger partial charge in [0.1, 0.15) is 23.1 Å². The predicted molar refractivity (Wildman–Crippen MR) is 91.9 cm³/mol. The normalized spacial score (nSPS) is 11.5. The van der Waals surface area contributed by atoms with Crippen molar-refractivity contribution >= 4 is 15.7 Å². The van der Waals surface area contributed by atoms with Crippen LogP contribution in [0.4, 0.5) is 5.82 Å². The fourth-order valence-electron chi connectivity index (χ4n) is 2.11. The number of anilines is 1. The summed E-state index contributed by atoms with van der Waals surface area (Å²) in [6, 6.07) is 11.1. The Balaban J connectivity index is 1.89. The zero-order chi connectivity index (χ0) is 16.9. The zero-order valence-electron chi connectivity index (χ0n) is 13.6.